The van der Waals surface area contributed by atoms with E-state index in [-0.39, 0.29) is 23.7 Å². The van der Waals surface area contributed by atoms with Crippen molar-refractivity contribution in [3.05, 3.63) is 142 Å². The molecule has 5 rings (SSSR count). The van der Waals surface area contributed by atoms with E-state index in [2.05, 4.69) is 15.8 Å². The summed E-state index contributed by atoms with van der Waals surface area (Å²) in [5.41, 5.74) is 3.24. The zero-order valence-electron chi connectivity index (χ0n) is 24.0. The van der Waals surface area contributed by atoms with Crippen LogP contribution in [0.3, 0.4) is 0 Å². The highest BCUT2D eigenvalue weighted by molar-refractivity contribution is 7.89. The van der Waals surface area contributed by atoms with Gasteiger partial charge < -0.3 is 14.5 Å². The number of hydrazone groups is 1. The van der Waals surface area contributed by atoms with Gasteiger partial charge in [0.2, 0.25) is 10.0 Å². The van der Waals surface area contributed by atoms with Crippen LogP contribution >= 0.6 is 23.2 Å². The fourth-order valence-electron chi connectivity index (χ4n) is 4.12. The van der Waals surface area contributed by atoms with E-state index >= 15 is 0 Å². The van der Waals surface area contributed by atoms with Crippen LogP contribution in [0, 0.1) is 0 Å². The van der Waals surface area contributed by atoms with Crippen molar-refractivity contribution < 1.29 is 27.2 Å². The summed E-state index contributed by atoms with van der Waals surface area (Å²) >= 11 is 12.0. The van der Waals surface area contributed by atoms with Gasteiger partial charge in [-0.3, -0.25) is 9.59 Å². The summed E-state index contributed by atoms with van der Waals surface area (Å²) in [6.45, 7) is -0.0639. The van der Waals surface area contributed by atoms with Gasteiger partial charge in [0.05, 0.1) is 17.7 Å². The molecule has 0 fully saturated rings. The van der Waals surface area contributed by atoms with Crippen LogP contribution in [0.4, 0.5) is 5.69 Å². The van der Waals surface area contributed by atoms with Crippen LogP contribution in [0.25, 0.3) is 0 Å². The van der Waals surface area contributed by atoms with Crippen LogP contribution in [0.5, 0.6) is 11.5 Å². The maximum atomic E-state index is 13.6. The van der Waals surface area contributed by atoms with Gasteiger partial charge in [-0.25, -0.2) is 13.8 Å². The number of furan rings is 1. The number of carbonyl (C=O) groups is 2. The molecular weight excluding hydrogens is 651 g/mol. The number of para-hydroxylation sites is 1. The van der Waals surface area contributed by atoms with Crippen molar-refractivity contribution in [2.45, 2.75) is 18.0 Å². The molecule has 0 radical (unpaired) electrons. The number of benzene rings is 4. The average Bonchev–Trinajstić information content (AvgIpc) is 3.50. The molecule has 0 bridgehead atoms. The number of nitrogens with zero attached hydrogens (tertiary/aromatic N) is 2. The third kappa shape index (κ3) is 8.83. The van der Waals surface area contributed by atoms with Gasteiger partial charge >= 0.3 is 11.8 Å². The Morgan fingerprint density at radius 2 is 1.39 bits per heavy atom. The summed E-state index contributed by atoms with van der Waals surface area (Å²) in [6, 6.07) is 31.6. The van der Waals surface area contributed by atoms with Gasteiger partial charge in [0.25, 0.3) is 0 Å². The van der Waals surface area contributed by atoms with E-state index < -0.39 is 21.8 Å². The highest BCUT2D eigenvalue weighted by Gasteiger charge is 2.26. The van der Waals surface area contributed by atoms with Gasteiger partial charge in [-0.15, -0.1) is 0 Å². The molecule has 234 valence electrons. The van der Waals surface area contributed by atoms with Gasteiger partial charge in [-0.1, -0.05) is 53.5 Å². The molecule has 46 heavy (non-hydrogen) atoms. The first-order valence-corrected chi connectivity index (χ1v) is 15.9. The molecule has 4 aromatic carbocycles. The molecule has 0 aliphatic heterocycles. The molecular formula is C33H26Cl2N4O6S. The third-order valence-corrected chi connectivity index (χ3v) is 8.70. The van der Waals surface area contributed by atoms with Crippen LogP contribution in [0.15, 0.2) is 130 Å². The highest BCUT2D eigenvalue weighted by Crippen LogP contribution is 2.25. The Kier molecular flexibility index (Phi) is 10.5. The SMILES string of the molecule is O=C(N/N=C/c1ccc(CN(Cc2ccc(Cl)cc2)S(=O)(=O)c2ccc(Cl)cc2)o1)C(=O)Nc1ccc(Oc2ccccc2)cc1. The van der Waals surface area contributed by atoms with E-state index in [0.29, 0.717) is 38.6 Å². The summed E-state index contributed by atoms with van der Waals surface area (Å²) in [5, 5.41) is 7.20. The molecule has 1 aromatic heterocycles. The van der Waals surface area contributed by atoms with E-state index in [1.807, 2.05) is 30.3 Å². The number of ether oxygens (including phenoxy) is 1. The predicted octanol–water partition coefficient (Wildman–Crippen LogP) is 6.86. The fraction of sp³-hybridized carbons (Fsp3) is 0.0606. The van der Waals surface area contributed by atoms with Gasteiger partial charge in [-0.2, -0.15) is 9.41 Å². The number of rotatable bonds is 11. The third-order valence-electron chi connectivity index (χ3n) is 6.39. The minimum absolute atomic E-state index is 0.0419. The molecule has 0 atom stereocenters. The maximum Gasteiger partial charge on any atom is 0.329 e. The second kappa shape index (κ2) is 14.9. The Bertz CT molecular complexity index is 1930. The Morgan fingerprint density at radius 3 is 2.07 bits per heavy atom. The summed E-state index contributed by atoms with van der Waals surface area (Å²) < 4.78 is 39.8. The molecule has 0 aliphatic carbocycles. The van der Waals surface area contributed by atoms with E-state index in [1.54, 1.807) is 60.7 Å². The van der Waals surface area contributed by atoms with Gasteiger partial charge in [0.15, 0.2) is 0 Å². The molecule has 13 heteroatoms. The zero-order chi connectivity index (χ0) is 32.5. The maximum absolute atomic E-state index is 13.6. The van der Waals surface area contributed by atoms with Crippen molar-refractivity contribution in [2.24, 2.45) is 5.10 Å². The molecule has 0 saturated heterocycles. The van der Waals surface area contributed by atoms with E-state index in [4.69, 9.17) is 32.4 Å². The number of hydrogen-bond donors (Lipinski definition) is 2. The Labute approximate surface area is 275 Å². The number of halogens is 2. The molecule has 1 heterocycles. The van der Waals surface area contributed by atoms with Crippen molar-refractivity contribution in [2.75, 3.05) is 5.32 Å². The average molecular weight is 678 g/mol. The van der Waals surface area contributed by atoms with Gasteiger partial charge in [0, 0.05) is 22.3 Å². The quantitative estimate of drug-likeness (QED) is 0.0893. The largest absolute Gasteiger partial charge is 0.459 e. The number of anilines is 1. The van der Waals surface area contributed by atoms with Crippen LogP contribution in [0.1, 0.15) is 17.1 Å². The highest BCUT2D eigenvalue weighted by atomic mass is 35.5. The molecule has 0 spiro atoms. The smallest absolute Gasteiger partial charge is 0.329 e. The first-order chi connectivity index (χ1) is 22.2. The zero-order valence-corrected chi connectivity index (χ0v) is 26.3. The summed E-state index contributed by atoms with van der Waals surface area (Å²) in [7, 11) is -3.96. The molecule has 5 aromatic rings. The van der Waals surface area contributed by atoms with Crippen LogP contribution < -0.4 is 15.5 Å². The molecule has 2 N–H and O–H groups in total. The lowest BCUT2D eigenvalue weighted by Gasteiger charge is -2.21. The van der Waals surface area contributed by atoms with E-state index in [0.717, 1.165) is 0 Å². The second-order valence-electron chi connectivity index (χ2n) is 9.75. The molecule has 0 saturated carbocycles. The van der Waals surface area contributed by atoms with Crippen LogP contribution in [0.2, 0.25) is 10.0 Å². The summed E-state index contributed by atoms with van der Waals surface area (Å²) in [5.74, 6) is -0.169. The number of amides is 2. The Balaban J connectivity index is 1.19. The lowest BCUT2D eigenvalue weighted by Crippen LogP contribution is -2.32. The summed E-state index contributed by atoms with van der Waals surface area (Å²) in [6.07, 6.45) is 1.20. The van der Waals surface area contributed by atoms with Crippen molar-refractivity contribution >= 4 is 56.9 Å². The number of hydrogen-bond acceptors (Lipinski definition) is 7. The number of sulfonamides is 1. The van der Waals surface area contributed by atoms with E-state index in [1.165, 1.54) is 34.8 Å². The number of carbonyl (C=O) groups excluding carboxylic acids is 2. The molecule has 2 amide bonds. The van der Waals surface area contributed by atoms with Crippen molar-refractivity contribution in [3.63, 3.8) is 0 Å². The monoisotopic (exact) mass is 676 g/mol. The number of nitrogens with one attached hydrogen (secondary N) is 2. The lowest BCUT2D eigenvalue weighted by atomic mass is 10.2. The van der Waals surface area contributed by atoms with Crippen molar-refractivity contribution in [1.82, 2.24) is 9.73 Å². The Morgan fingerprint density at radius 1 is 0.761 bits per heavy atom. The predicted molar refractivity (Wildman–Crippen MR) is 175 cm³/mol. The minimum atomic E-state index is -3.96. The first-order valence-electron chi connectivity index (χ1n) is 13.7. The summed E-state index contributed by atoms with van der Waals surface area (Å²) in [4.78, 5) is 24.7. The Hall–Kier alpha value is -4.94. The van der Waals surface area contributed by atoms with Crippen molar-refractivity contribution in [3.8, 4) is 11.5 Å². The van der Waals surface area contributed by atoms with Gasteiger partial charge in [-0.05, 0) is 90.5 Å². The van der Waals surface area contributed by atoms with Crippen LogP contribution in [-0.4, -0.2) is 30.8 Å². The topological polar surface area (TPSA) is 130 Å². The first kappa shape index (κ1) is 32.5. The molecule has 0 aliphatic rings. The molecule has 10 nitrogen and oxygen atoms in total. The van der Waals surface area contributed by atoms with Gasteiger partial charge in [0.1, 0.15) is 23.0 Å². The van der Waals surface area contributed by atoms with Crippen LogP contribution in [-0.2, 0) is 32.7 Å². The second-order valence-corrected chi connectivity index (χ2v) is 12.6. The fourth-order valence-corrected chi connectivity index (χ4v) is 5.77. The lowest BCUT2D eigenvalue weighted by molar-refractivity contribution is -0.136. The normalized spacial score (nSPS) is 11.5. The molecule has 0 unspecified atom stereocenters. The van der Waals surface area contributed by atoms with E-state index in [9.17, 15) is 18.0 Å². The minimum Gasteiger partial charge on any atom is -0.459 e. The standard InChI is InChI=1S/C33H26Cl2N4O6S/c34-24-8-6-23(7-9-24)21-39(46(42,43)31-18-10-25(35)11-19-31)22-30-17-16-29(45-30)20-36-38-33(41)32(40)37-26-12-14-28(15-13-26)44-27-4-2-1-3-5-27/h1-20H,21-22H2,(H,37,40)(H,38,41)/b36-20+. The van der Waals surface area contributed by atoms with Crippen molar-refractivity contribution in [1.29, 1.82) is 0 Å².